The van der Waals surface area contributed by atoms with Crippen molar-refractivity contribution in [2.75, 3.05) is 9.80 Å². The molecule has 0 saturated heterocycles. The van der Waals surface area contributed by atoms with Gasteiger partial charge in [0.05, 0.1) is 22.2 Å². The lowest BCUT2D eigenvalue weighted by Gasteiger charge is -2.33. The summed E-state index contributed by atoms with van der Waals surface area (Å²) >= 11 is 0. The Balaban J connectivity index is 1.79. The lowest BCUT2D eigenvalue weighted by atomic mass is 10.1. The zero-order valence-corrected chi connectivity index (χ0v) is 15.5. The zero-order valence-electron chi connectivity index (χ0n) is 15.5. The maximum Gasteiger partial charge on any atom is 0.412 e. The number of anilines is 2. The van der Waals surface area contributed by atoms with Gasteiger partial charge in [-0.25, -0.2) is 9.69 Å². The van der Waals surface area contributed by atoms with Crippen molar-refractivity contribution in [2.45, 2.75) is 26.3 Å². The van der Waals surface area contributed by atoms with Crippen molar-refractivity contribution in [3.05, 3.63) is 53.6 Å². The first-order valence-corrected chi connectivity index (χ1v) is 8.60. The maximum absolute atomic E-state index is 12.7. The molecule has 0 saturated carbocycles. The van der Waals surface area contributed by atoms with E-state index < -0.39 is 23.4 Å². The summed E-state index contributed by atoms with van der Waals surface area (Å²) in [7, 11) is 0. The van der Waals surface area contributed by atoms with E-state index in [-0.39, 0.29) is 11.4 Å². The van der Waals surface area contributed by atoms with Crippen LogP contribution in [0.4, 0.5) is 16.3 Å². The molecule has 0 bridgehead atoms. The van der Waals surface area contributed by atoms with Crippen LogP contribution >= 0.6 is 0 Å². The molecule has 0 spiro atoms. The summed E-state index contributed by atoms with van der Waals surface area (Å²) in [6.45, 7) is 5.32. The molecule has 142 valence electrons. The highest BCUT2D eigenvalue weighted by atomic mass is 16.5. The van der Waals surface area contributed by atoms with Gasteiger partial charge in [0.1, 0.15) is 0 Å². The molecule has 2 aromatic carbocycles. The predicted molar refractivity (Wildman–Crippen MR) is 102 cm³/mol. The standard InChI is InChI=1S/C20H17N3O5/c1-20(2,3)23(19(26)27)11-8-9-14-15(10-11)28-21-16(14)22-17(24)12-6-4-5-7-13(12)18(22)25/h4-10H,1-3H3,(H,26,27). The summed E-state index contributed by atoms with van der Waals surface area (Å²) in [4.78, 5) is 39.2. The van der Waals surface area contributed by atoms with E-state index in [0.717, 1.165) is 4.90 Å². The number of hydrogen-bond acceptors (Lipinski definition) is 5. The maximum atomic E-state index is 12.7. The van der Waals surface area contributed by atoms with Gasteiger partial charge in [0, 0.05) is 11.6 Å². The normalized spacial score (nSPS) is 13.9. The molecule has 4 rings (SSSR count). The van der Waals surface area contributed by atoms with Crippen molar-refractivity contribution in [1.82, 2.24) is 5.16 Å². The van der Waals surface area contributed by atoms with E-state index in [1.165, 1.54) is 11.0 Å². The molecular weight excluding hydrogens is 362 g/mol. The number of carbonyl (C=O) groups excluding carboxylic acids is 2. The Bertz CT molecular complexity index is 1110. The van der Waals surface area contributed by atoms with Gasteiger partial charge in [0.15, 0.2) is 11.4 Å². The van der Waals surface area contributed by atoms with Gasteiger partial charge in [-0.15, -0.1) is 0 Å². The monoisotopic (exact) mass is 379 g/mol. The van der Waals surface area contributed by atoms with Gasteiger partial charge in [-0.3, -0.25) is 14.5 Å². The van der Waals surface area contributed by atoms with E-state index in [1.807, 2.05) is 0 Å². The second-order valence-corrected chi connectivity index (χ2v) is 7.47. The number of aromatic nitrogens is 1. The van der Waals surface area contributed by atoms with E-state index in [1.54, 1.807) is 57.2 Å². The van der Waals surface area contributed by atoms with Crippen LogP contribution in [0.15, 0.2) is 47.0 Å². The van der Waals surface area contributed by atoms with Gasteiger partial charge < -0.3 is 9.63 Å². The molecule has 0 radical (unpaired) electrons. The summed E-state index contributed by atoms with van der Waals surface area (Å²) in [6, 6.07) is 11.3. The molecule has 2 heterocycles. The summed E-state index contributed by atoms with van der Waals surface area (Å²) in [5.74, 6) is -0.853. The third-order valence-corrected chi connectivity index (χ3v) is 4.56. The number of hydrogen-bond donors (Lipinski definition) is 1. The fourth-order valence-corrected chi connectivity index (χ4v) is 3.38. The van der Waals surface area contributed by atoms with Gasteiger partial charge >= 0.3 is 6.09 Å². The fraction of sp³-hybridized carbons (Fsp3) is 0.200. The number of nitrogens with zero attached hydrogens (tertiary/aromatic N) is 3. The largest absolute Gasteiger partial charge is 0.465 e. The van der Waals surface area contributed by atoms with E-state index >= 15 is 0 Å². The van der Waals surface area contributed by atoms with Gasteiger partial charge in [-0.1, -0.05) is 17.3 Å². The third-order valence-electron chi connectivity index (χ3n) is 4.56. The molecule has 8 heteroatoms. The average Bonchev–Trinajstić information content (AvgIpc) is 3.13. The van der Waals surface area contributed by atoms with Crippen LogP contribution in [0.25, 0.3) is 11.0 Å². The second-order valence-electron chi connectivity index (χ2n) is 7.47. The van der Waals surface area contributed by atoms with Crippen molar-refractivity contribution in [3.8, 4) is 0 Å². The first-order chi connectivity index (χ1) is 13.2. The minimum absolute atomic E-state index is 0.0883. The first kappa shape index (κ1) is 17.7. The van der Waals surface area contributed by atoms with Crippen LogP contribution in [-0.4, -0.2) is 33.7 Å². The molecule has 1 aromatic heterocycles. The first-order valence-electron chi connectivity index (χ1n) is 8.60. The SMILES string of the molecule is CC(C)(C)N(C(=O)O)c1ccc2c(N3C(=O)c4ccccc4C3=O)noc2c1. The Labute approximate surface area is 159 Å². The molecule has 8 nitrogen and oxygen atoms in total. The minimum Gasteiger partial charge on any atom is -0.465 e. The van der Waals surface area contributed by atoms with Crippen LogP contribution in [0.2, 0.25) is 0 Å². The topological polar surface area (TPSA) is 104 Å². The quantitative estimate of drug-likeness (QED) is 0.677. The number of benzene rings is 2. The van der Waals surface area contributed by atoms with Crippen LogP contribution in [0.5, 0.6) is 0 Å². The predicted octanol–water partition coefficient (Wildman–Crippen LogP) is 3.91. The van der Waals surface area contributed by atoms with Crippen LogP contribution < -0.4 is 9.80 Å². The van der Waals surface area contributed by atoms with Crippen LogP contribution in [0, 0.1) is 0 Å². The molecule has 1 aliphatic rings. The molecule has 3 amide bonds. The van der Waals surface area contributed by atoms with Crippen LogP contribution in [0.1, 0.15) is 41.5 Å². The van der Waals surface area contributed by atoms with Crippen molar-refractivity contribution in [3.63, 3.8) is 0 Å². The number of amides is 3. The van der Waals surface area contributed by atoms with Gasteiger partial charge in [0.2, 0.25) is 0 Å². The average molecular weight is 379 g/mol. The molecule has 28 heavy (non-hydrogen) atoms. The smallest absolute Gasteiger partial charge is 0.412 e. The molecule has 1 N–H and O–H groups in total. The number of imide groups is 1. The highest BCUT2D eigenvalue weighted by Crippen LogP contribution is 2.35. The lowest BCUT2D eigenvalue weighted by molar-refractivity contribution is 0.0924. The molecule has 1 aliphatic heterocycles. The minimum atomic E-state index is -1.10. The Morgan fingerprint density at radius 3 is 2.21 bits per heavy atom. The van der Waals surface area contributed by atoms with Gasteiger partial charge in [-0.05, 0) is 45.0 Å². The molecule has 0 atom stereocenters. The number of fused-ring (bicyclic) bond motifs is 2. The Morgan fingerprint density at radius 1 is 1.07 bits per heavy atom. The Kier molecular flexibility index (Phi) is 3.74. The molecule has 0 aliphatic carbocycles. The van der Waals surface area contributed by atoms with Crippen LogP contribution in [0.3, 0.4) is 0 Å². The van der Waals surface area contributed by atoms with Gasteiger partial charge in [0.25, 0.3) is 11.8 Å². The van der Waals surface area contributed by atoms with E-state index in [9.17, 15) is 19.5 Å². The molecule has 0 unspecified atom stereocenters. The Hall–Kier alpha value is -3.68. The van der Waals surface area contributed by atoms with Crippen molar-refractivity contribution in [1.29, 1.82) is 0 Å². The summed E-state index contributed by atoms with van der Waals surface area (Å²) in [5.41, 5.74) is 0.623. The number of rotatable bonds is 2. The zero-order chi connectivity index (χ0) is 20.2. The van der Waals surface area contributed by atoms with Crippen LogP contribution in [-0.2, 0) is 0 Å². The second kappa shape index (κ2) is 5.91. The third kappa shape index (κ3) is 2.53. The van der Waals surface area contributed by atoms with E-state index in [4.69, 9.17) is 4.52 Å². The highest BCUT2D eigenvalue weighted by Gasteiger charge is 2.39. The number of carbonyl (C=O) groups is 3. The van der Waals surface area contributed by atoms with E-state index in [2.05, 4.69) is 5.16 Å². The summed E-state index contributed by atoms with van der Waals surface area (Å²) in [5, 5.41) is 13.9. The molecule has 0 fully saturated rings. The lowest BCUT2D eigenvalue weighted by Crippen LogP contribution is -2.45. The fourth-order valence-electron chi connectivity index (χ4n) is 3.38. The molecular formula is C20H17N3O5. The van der Waals surface area contributed by atoms with E-state index in [0.29, 0.717) is 22.2 Å². The number of carboxylic acid groups (broad SMARTS) is 1. The summed E-state index contributed by atoms with van der Waals surface area (Å²) < 4.78 is 5.32. The van der Waals surface area contributed by atoms with Crippen molar-refractivity contribution < 1.29 is 24.0 Å². The highest BCUT2D eigenvalue weighted by molar-refractivity contribution is 6.35. The van der Waals surface area contributed by atoms with Gasteiger partial charge in [-0.2, -0.15) is 0 Å². The summed E-state index contributed by atoms with van der Waals surface area (Å²) in [6.07, 6.45) is -1.10. The Morgan fingerprint density at radius 2 is 1.68 bits per heavy atom. The van der Waals surface area contributed by atoms with Crippen molar-refractivity contribution in [2.24, 2.45) is 0 Å². The molecule has 3 aromatic rings. The van der Waals surface area contributed by atoms with Crippen molar-refractivity contribution >= 4 is 40.4 Å².